The second-order valence-corrected chi connectivity index (χ2v) is 4.80. The van der Waals surface area contributed by atoms with E-state index >= 15 is 0 Å². The van der Waals surface area contributed by atoms with Gasteiger partial charge in [0.25, 0.3) is 0 Å². The highest BCUT2D eigenvalue weighted by Gasteiger charge is 2.73. The van der Waals surface area contributed by atoms with E-state index in [0.717, 1.165) is 6.92 Å². The SMILES string of the molecule is CCC(CC(F)(F)C(F)(F)C(F)(F)F)OP(=O)(O)O. The lowest BCUT2D eigenvalue weighted by Crippen LogP contribution is -2.53. The molecule has 0 aromatic rings. The average Bonchev–Trinajstić information content (AvgIpc) is 2.11. The molecule has 0 fully saturated rings. The topological polar surface area (TPSA) is 66.8 Å². The van der Waals surface area contributed by atoms with Gasteiger partial charge in [-0.3, -0.25) is 4.52 Å². The fourth-order valence-electron chi connectivity index (χ4n) is 1.07. The van der Waals surface area contributed by atoms with Crippen LogP contribution in [0.1, 0.15) is 19.8 Å². The van der Waals surface area contributed by atoms with Crippen molar-refractivity contribution in [1.82, 2.24) is 0 Å². The molecule has 0 saturated carbocycles. The van der Waals surface area contributed by atoms with E-state index in [4.69, 9.17) is 9.79 Å². The molecule has 0 aliphatic heterocycles. The van der Waals surface area contributed by atoms with Crippen LogP contribution in [0.2, 0.25) is 0 Å². The predicted octanol–water partition coefficient (Wildman–Crippen LogP) is 3.10. The second-order valence-electron chi connectivity index (χ2n) is 3.61. The van der Waals surface area contributed by atoms with Gasteiger partial charge in [-0.15, -0.1) is 0 Å². The molecule has 4 nitrogen and oxygen atoms in total. The largest absolute Gasteiger partial charge is 0.469 e. The Balaban J connectivity index is 5.08. The van der Waals surface area contributed by atoms with Crippen LogP contribution in [0.5, 0.6) is 0 Å². The number of hydrogen-bond acceptors (Lipinski definition) is 2. The highest BCUT2D eigenvalue weighted by Crippen LogP contribution is 2.50. The van der Waals surface area contributed by atoms with Crippen molar-refractivity contribution in [3.63, 3.8) is 0 Å². The summed E-state index contributed by atoms with van der Waals surface area (Å²) in [5, 5.41) is 0. The normalized spacial score (nSPS) is 16.5. The molecular formula is C7H10F7O4P. The number of halogens is 7. The Bertz CT molecular complexity index is 350. The van der Waals surface area contributed by atoms with Crippen LogP contribution in [0.4, 0.5) is 30.7 Å². The Hall–Kier alpha value is -0.380. The van der Waals surface area contributed by atoms with Crippen molar-refractivity contribution >= 4 is 7.82 Å². The van der Waals surface area contributed by atoms with E-state index in [2.05, 4.69) is 4.52 Å². The van der Waals surface area contributed by atoms with Crippen molar-refractivity contribution in [2.24, 2.45) is 0 Å². The summed E-state index contributed by atoms with van der Waals surface area (Å²) in [6.07, 6.45) is -11.4. The summed E-state index contributed by atoms with van der Waals surface area (Å²) in [4.78, 5) is 16.6. The lowest BCUT2D eigenvalue weighted by Gasteiger charge is -2.30. The van der Waals surface area contributed by atoms with E-state index in [1.165, 1.54) is 0 Å². The third kappa shape index (κ3) is 4.90. The molecule has 0 heterocycles. The van der Waals surface area contributed by atoms with E-state index in [1.807, 2.05) is 0 Å². The lowest BCUT2D eigenvalue weighted by molar-refractivity contribution is -0.358. The van der Waals surface area contributed by atoms with Crippen LogP contribution >= 0.6 is 7.82 Å². The molecule has 0 aromatic heterocycles. The zero-order valence-electron chi connectivity index (χ0n) is 9.30. The minimum atomic E-state index is -6.49. The number of phosphoric ester groups is 1. The number of phosphoric acid groups is 1. The third-order valence-electron chi connectivity index (χ3n) is 2.04. The number of rotatable bonds is 6. The van der Waals surface area contributed by atoms with Gasteiger partial charge in [-0.1, -0.05) is 6.92 Å². The lowest BCUT2D eigenvalue weighted by atomic mass is 10.0. The molecule has 0 aliphatic carbocycles. The smallest absolute Gasteiger partial charge is 0.303 e. The fourth-order valence-corrected chi connectivity index (χ4v) is 1.68. The first-order valence-corrected chi connectivity index (χ1v) is 6.23. The molecule has 12 heteroatoms. The molecule has 0 radical (unpaired) electrons. The van der Waals surface area contributed by atoms with Crippen LogP contribution in [0.3, 0.4) is 0 Å². The van der Waals surface area contributed by atoms with Crippen molar-refractivity contribution in [3.05, 3.63) is 0 Å². The van der Waals surface area contributed by atoms with Gasteiger partial charge in [0.05, 0.1) is 6.10 Å². The van der Waals surface area contributed by atoms with Gasteiger partial charge in [0, 0.05) is 6.42 Å². The monoisotopic (exact) mass is 322 g/mol. The number of hydrogen-bond donors (Lipinski definition) is 2. The minimum Gasteiger partial charge on any atom is -0.303 e. The quantitative estimate of drug-likeness (QED) is 0.582. The molecule has 19 heavy (non-hydrogen) atoms. The molecule has 2 N–H and O–H groups in total. The predicted molar refractivity (Wildman–Crippen MR) is 47.8 cm³/mol. The third-order valence-corrected chi connectivity index (χ3v) is 2.61. The minimum absolute atomic E-state index is 0.589. The molecule has 0 saturated heterocycles. The van der Waals surface area contributed by atoms with Crippen molar-refractivity contribution in [2.75, 3.05) is 0 Å². The van der Waals surface area contributed by atoms with Gasteiger partial charge in [-0.05, 0) is 6.42 Å². The van der Waals surface area contributed by atoms with Crippen LogP contribution in [-0.2, 0) is 9.09 Å². The summed E-state index contributed by atoms with van der Waals surface area (Å²) in [5.74, 6) is -11.9. The van der Waals surface area contributed by atoms with Crippen LogP contribution in [0.15, 0.2) is 0 Å². The Labute approximate surface area is 102 Å². The summed E-state index contributed by atoms with van der Waals surface area (Å²) >= 11 is 0. The summed E-state index contributed by atoms with van der Waals surface area (Å²) < 4.78 is 100. The summed E-state index contributed by atoms with van der Waals surface area (Å²) in [7, 11) is -5.28. The van der Waals surface area contributed by atoms with E-state index in [1.54, 1.807) is 0 Å². The zero-order valence-corrected chi connectivity index (χ0v) is 10.2. The Morgan fingerprint density at radius 2 is 1.53 bits per heavy atom. The average molecular weight is 322 g/mol. The molecule has 1 atom stereocenters. The Morgan fingerprint density at radius 3 is 1.79 bits per heavy atom. The molecule has 0 aromatic carbocycles. The maximum Gasteiger partial charge on any atom is 0.469 e. The van der Waals surface area contributed by atoms with Gasteiger partial charge in [-0.2, -0.15) is 30.7 Å². The van der Waals surface area contributed by atoms with Crippen LogP contribution in [-0.4, -0.2) is 33.9 Å². The van der Waals surface area contributed by atoms with Gasteiger partial charge < -0.3 is 9.79 Å². The molecule has 0 amide bonds. The Morgan fingerprint density at radius 1 is 1.11 bits per heavy atom. The van der Waals surface area contributed by atoms with Gasteiger partial charge in [0.15, 0.2) is 0 Å². The molecule has 1 unspecified atom stereocenters. The first kappa shape index (κ1) is 18.6. The molecule has 0 bridgehead atoms. The van der Waals surface area contributed by atoms with Crippen molar-refractivity contribution in [1.29, 1.82) is 0 Å². The molecule has 0 spiro atoms. The number of alkyl halides is 7. The van der Waals surface area contributed by atoms with E-state index in [9.17, 15) is 35.3 Å². The van der Waals surface area contributed by atoms with Gasteiger partial charge in [0.2, 0.25) is 0 Å². The maximum atomic E-state index is 12.9. The first-order valence-electron chi connectivity index (χ1n) is 4.70. The summed E-state index contributed by atoms with van der Waals surface area (Å²) in [6.45, 7) is 1.03. The highest BCUT2D eigenvalue weighted by molar-refractivity contribution is 7.46. The second kappa shape index (κ2) is 5.55. The van der Waals surface area contributed by atoms with Crippen LogP contribution in [0.25, 0.3) is 0 Å². The van der Waals surface area contributed by atoms with Gasteiger partial charge in [0.1, 0.15) is 0 Å². The van der Waals surface area contributed by atoms with Crippen LogP contribution in [0, 0.1) is 0 Å². The van der Waals surface area contributed by atoms with Gasteiger partial charge in [-0.25, -0.2) is 4.57 Å². The Kier molecular flexibility index (Phi) is 5.44. The van der Waals surface area contributed by atoms with E-state index < -0.39 is 44.8 Å². The maximum absolute atomic E-state index is 12.9. The van der Waals surface area contributed by atoms with Crippen molar-refractivity contribution in [2.45, 2.75) is 43.9 Å². The van der Waals surface area contributed by atoms with Crippen molar-refractivity contribution in [3.8, 4) is 0 Å². The summed E-state index contributed by atoms with van der Waals surface area (Å²) in [5.41, 5.74) is 0. The molecule has 116 valence electrons. The zero-order chi connectivity index (χ0) is 15.7. The fraction of sp³-hybridized carbons (Fsp3) is 1.00. The van der Waals surface area contributed by atoms with E-state index in [0.29, 0.717) is 0 Å². The van der Waals surface area contributed by atoms with Crippen LogP contribution < -0.4 is 0 Å². The first-order chi connectivity index (χ1) is 8.14. The van der Waals surface area contributed by atoms with E-state index in [-0.39, 0.29) is 0 Å². The van der Waals surface area contributed by atoms with Crippen molar-refractivity contribution < 1.29 is 49.6 Å². The molecule has 0 rings (SSSR count). The highest BCUT2D eigenvalue weighted by atomic mass is 31.2. The van der Waals surface area contributed by atoms with Gasteiger partial charge >= 0.3 is 25.8 Å². The molecule has 0 aliphatic rings. The standard InChI is InChI=1S/C7H10F7O4P/c1-2-4(18-19(15,16)17)3-5(8,9)6(10,11)7(12,13)14/h4H,2-3H2,1H3,(H2,15,16,17). The summed E-state index contributed by atoms with van der Waals surface area (Å²) in [6, 6.07) is 0. The molecular weight excluding hydrogens is 312 g/mol.